The molecule has 36 heavy (non-hydrogen) atoms. The summed E-state index contributed by atoms with van der Waals surface area (Å²) in [7, 11) is 1.90. The van der Waals surface area contributed by atoms with Crippen molar-refractivity contribution in [2.75, 3.05) is 20.1 Å². The Hall–Kier alpha value is -3.61. The Morgan fingerprint density at radius 3 is 2.42 bits per heavy atom. The van der Waals surface area contributed by atoms with Gasteiger partial charge in [-0.2, -0.15) is 5.10 Å². The molecule has 2 heterocycles. The smallest absolute Gasteiger partial charge is 0.263 e. The van der Waals surface area contributed by atoms with Gasteiger partial charge >= 0.3 is 0 Å². The van der Waals surface area contributed by atoms with Gasteiger partial charge in [0.15, 0.2) is 6.10 Å². The Morgan fingerprint density at radius 2 is 1.75 bits per heavy atom. The van der Waals surface area contributed by atoms with Crippen LogP contribution in [0.15, 0.2) is 73.1 Å². The zero-order valence-electron chi connectivity index (χ0n) is 21.4. The molecule has 2 amide bonds. The van der Waals surface area contributed by atoms with Crippen LogP contribution in [0.1, 0.15) is 30.9 Å². The normalized spacial score (nSPS) is 15.8. The van der Waals surface area contributed by atoms with Crippen molar-refractivity contribution in [1.82, 2.24) is 19.6 Å². The van der Waals surface area contributed by atoms with E-state index in [0.717, 1.165) is 19.3 Å². The molecule has 1 aliphatic rings. The number of carbonyl (C=O) groups is 2. The van der Waals surface area contributed by atoms with E-state index in [1.54, 1.807) is 10.9 Å². The number of benzene rings is 2. The van der Waals surface area contributed by atoms with Crippen molar-refractivity contribution in [3.8, 4) is 5.75 Å². The summed E-state index contributed by atoms with van der Waals surface area (Å²) in [6.45, 7) is 5.48. The molecule has 0 aliphatic carbocycles. The molecule has 4 rings (SSSR count). The quantitative estimate of drug-likeness (QED) is 0.457. The van der Waals surface area contributed by atoms with Crippen LogP contribution < -0.4 is 4.74 Å². The van der Waals surface area contributed by atoms with Gasteiger partial charge in [0.2, 0.25) is 5.91 Å². The van der Waals surface area contributed by atoms with Gasteiger partial charge in [0, 0.05) is 38.6 Å². The predicted molar refractivity (Wildman–Crippen MR) is 140 cm³/mol. The average molecular weight is 489 g/mol. The third-order valence-corrected chi connectivity index (χ3v) is 7.24. The summed E-state index contributed by atoms with van der Waals surface area (Å²) in [5.74, 6) is 1.05. The van der Waals surface area contributed by atoms with E-state index in [1.807, 2.05) is 72.4 Å². The number of nitrogens with zero attached hydrogens (tertiary/aromatic N) is 4. The van der Waals surface area contributed by atoms with Gasteiger partial charge < -0.3 is 14.5 Å². The van der Waals surface area contributed by atoms with Crippen LogP contribution in [0.2, 0.25) is 0 Å². The molecule has 1 aliphatic heterocycles. The van der Waals surface area contributed by atoms with Crippen molar-refractivity contribution in [3.63, 3.8) is 0 Å². The van der Waals surface area contributed by atoms with Gasteiger partial charge in [-0.15, -0.1) is 0 Å². The number of para-hydroxylation sites is 1. The average Bonchev–Trinajstić information content (AvgIpc) is 3.41. The molecule has 1 fully saturated rings. The Labute approximate surface area is 213 Å². The van der Waals surface area contributed by atoms with E-state index >= 15 is 0 Å². The molecular weight excluding hydrogens is 452 g/mol. The lowest BCUT2D eigenvalue weighted by Gasteiger charge is -2.40. The van der Waals surface area contributed by atoms with E-state index in [0.29, 0.717) is 24.8 Å². The van der Waals surface area contributed by atoms with Crippen LogP contribution >= 0.6 is 0 Å². The number of ether oxygens (including phenoxy) is 1. The Balaban J connectivity index is 1.42. The van der Waals surface area contributed by atoms with Crippen molar-refractivity contribution in [2.24, 2.45) is 5.92 Å². The van der Waals surface area contributed by atoms with E-state index in [1.165, 1.54) is 11.1 Å². The number of hydrogen-bond acceptors (Lipinski definition) is 4. The van der Waals surface area contributed by atoms with Crippen LogP contribution in [0.25, 0.3) is 0 Å². The van der Waals surface area contributed by atoms with Crippen molar-refractivity contribution in [2.45, 2.75) is 51.8 Å². The molecule has 3 aromatic rings. The number of hydrogen-bond donors (Lipinski definition) is 0. The fraction of sp³-hybridized carbons (Fsp3) is 0.414. The first-order chi connectivity index (χ1) is 17.4. The number of piperidine rings is 1. The van der Waals surface area contributed by atoms with E-state index < -0.39 is 6.10 Å². The molecule has 0 spiro atoms. The largest absolute Gasteiger partial charge is 0.481 e. The summed E-state index contributed by atoms with van der Waals surface area (Å²) in [6, 6.07) is 19.7. The van der Waals surface area contributed by atoms with Crippen LogP contribution in [0, 0.1) is 12.8 Å². The highest BCUT2D eigenvalue weighted by atomic mass is 16.5. The van der Waals surface area contributed by atoms with Crippen LogP contribution in [-0.2, 0) is 22.6 Å². The minimum absolute atomic E-state index is 0.0101. The van der Waals surface area contributed by atoms with Crippen molar-refractivity contribution < 1.29 is 14.3 Å². The van der Waals surface area contributed by atoms with Gasteiger partial charge in [-0.25, -0.2) is 0 Å². The third kappa shape index (κ3) is 6.33. The van der Waals surface area contributed by atoms with Gasteiger partial charge in [-0.05, 0) is 68.4 Å². The number of aryl methyl sites for hydroxylation is 1. The molecule has 0 bridgehead atoms. The Morgan fingerprint density at radius 1 is 1.06 bits per heavy atom. The Bertz CT molecular complexity index is 1120. The minimum Gasteiger partial charge on any atom is -0.481 e. The second-order valence-corrected chi connectivity index (χ2v) is 9.64. The highest BCUT2D eigenvalue weighted by Gasteiger charge is 2.34. The maximum atomic E-state index is 13.2. The fourth-order valence-corrected chi connectivity index (χ4v) is 5.03. The van der Waals surface area contributed by atoms with Crippen molar-refractivity contribution in [3.05, 3.63) is 84.2 Å². The standard InChI is InChI=1S/C29H36N4O3/c1-22-10-7-8-11-25(22)20-27(31(3)28(34)21-33-17-9-16-30-33)24-14-18-32(19-15-24)29(35)23(2)36-26-12-5-4-6-13-26/h4-13,16-17,23-24,27H,14-15,18-21H2,1-3H3/t23-,27+/m1/s1. The molecule has 0 unspecified atom stereocenters. The molecule has 0 saturated carbocycles. The summed E-state index contributed by atoms with van der Waals surface area (Å²) in [6.07, 6.45) is 5.45. The summed E-state index contributed by atoms with van der Waals surface area (Å²) in [5.41, 5.74) is 2.49. The van der Waals surface area contributed by atoms with Crippen LogP contribution in [0.5, 0.6) is 5.75 Å². The number of amides is 2. The molecule has 2 atom stereocenters. The van der Waals surface area contributed by atoms with Gasteiger partial charge in [0.25, 0.3) is 5.91 Å². The first-order valence-corrected chi connectivity index (χ1v) is 12.7. The number of aromatic nitrogens is 2. The summed E-state index contributed by atoms with van der Waals surface area (Å²) >= 11 is 0. The van der Waals surface area contributed by atoms with Crippen LogP contribution in [0.3, 0.4) is 0 Å². The maximum Gasteiger partial charge on any atom is 0.263 e. The van der Waals surface area contributed by atoms with E-state index in [9.17, 15) is 9.59 Å². The molecule has 1 saturated heterocycles. The zero-order valence-corrected chi connectivity index (χ0v) is 21.4. The monoisotopic (exact) mass is 488 g/mol. The van der Waals surface area contributed by atoms with E-state index in [2.05, 4.69) is 30.2 Å². The lowest BCUT2D eigenvalue weighted by atomic mass is 9.84. The Kier molecular flexibility index (Phi) is 8.41. The highest BCUT2D eigenvalue weighted by Crippen LogP contribution is 2.28. The number of rotatable bonds is 9. The van der Waals surface area contributed by atoms with Gasteiger partial charge in [-0.3, -0.25) is 14.3 Å². The summed E-state index contributed by atoms with van der Waals surface area (Å²) < 4.78 is 7.53. The minimum atomic E-state index is -0.537. The summed E-state index contributed by atoms with van der Waals surface area (Å²) in [4.78, 5) is 30.1. The maximum absolute atomic E-state index is 13.2. The summed E-state index contributed by atoms with van der Waals surface area (Å²) in [5, 5.41) is 4.20. The first-order valence-electron chi connectivity index (χ1n) is 12.7. The number of likely N-dealkylation sites (tertiary alicyclic amines) is 1. The number of carbonyl (C=O) groups excluding carboxylic acids is 2. The SMILES string of the molecule is Cc1ccccc1C[C@@H](C1CCN(C(=O)[C@@H](C)Oc2ccccc2)CC1)N(C)C(=O)Cn1cccn1. The molecular formula is C29H36N4O3. The van der Waals surface area contributed by atoms with Crippen molar-refractivity contribution >= 4 is 11.8 Å². The highest BCUT2D eigenvalue weighted by molar-refractivity contribution is 5.81. The molecule has 190 valence electrons. The molecule has 7 nitrogen and oxygen atoms in total. The molecule has 0 N–H and O–H groups in total. The van der Waals surface area contributed by atoms with E-state index in [4.69, 9.17) is 4.74 Å². The lowest BCUT2D eigenvalue weighted by molar-refractivity contribution is -0.141. The second kappa shape index (κ2) is 11.9. The number of likely N-dealkylation sites (N-methyl/N-ethyl adjacent to an activating group) is 1. The first kappa shape index (κ1) is 25.5. The van der Waals surface area contributed by atoms with E-state index in [-0.39, 0.29) is 24.4 Å². The molecule has 1 aromatic heterocycles. The van der Waals surface area contributed by atoms with Gasteiger partial charge in [0.05, 0.1) is 0 Å². The lowest BCUT2D eigenvalue weighted by Crippen LogP contribution is -2.50. The fourth-order valence-electron chi connectivity index (χ4n) is 5.03. The van der Waals surface area contributed by atoms with Gasteiger partial charge in [-0.1, -0.05) is 42.5 Å². The topological polar surface area (TPSA) is 67.7 Å². The molecule has 0 radical (unpaired) electrons. The zero-order chi connectivity index (χ0) is 25.5. The predicted octanol–water partition coefficient (Wildman–Crippen LogP) is 3.97. The molecule has 7 heteroatoms. The molecule has 2 aromatic carbocycles. The van der Waals surface area contributed by atoms with Crippen LogP contribution in [0.4, 0.5) is 0 Å². The van der Waals surface area contributed by atoms with Crippen molar-refractivity contribution in [1.29, 1.82) is 0 Å². The third-order valence-electron chi connectivity index (χ3n) is 7.24. The van der Waals surface area contributed by atoms with Gasteiger partial charge in [0.1, 0.15) is 12.3 Å². The second-order valence-electron chi connectivity index (χ2n) is 9.64. The van der Waals surface area contributed by atoms with Crippen LogP contribution in [-0.4, -0.2) is 63.7 Å².